The molecule has 0 aromatic carbocycles. The smallest absolute Gasteiger partial charge is 0.305 e. The number of hydrogen-bond donors (Lipinski definition) is 2. The molecule has 1 saturated heterocycles. The first-order valence-electron chi connectivity index (χ1n) is 7.64. The first-order valence-corrected chi connectivity index (χ1v) is 8.52. The number of nitrogens with zero attached hydrogens (tertiary/aromatic N) is 2. The summed E-state index contributed by atoms with van der Waals surface area (Å²) in [5.74, 6) is -1.13. The van der Waals surface area contributed by atoms with Crippen LogP contribution in [0.15, 0.2) is 17.6 Å². The average molecular weight is 349 g/mol. The molecule has 0 aliphatic carbocycles. The Morgan fingerprint density at radius 1 is 1.54 bits per heavy atom. The van der Waals surface area contributed by atoms with E-state index in [-0.39, 0.29) is 24.5 Å². The molecule has 0 radical (unpaired) electrons. The van der Waals surface area contributed by atoms with Crippen LogP contribution in [0.25, 0.3) is 11.3 Å². The van der Waals surface area contributed by atoms with Gasteiger partial charge < -0.3 is 19.7 Å². The van der Waals surface area contributed by atoms with Crippen molar-refractivity contribution in [1.29, 1.82) is 0 Å². The molecule has 1 aliphatic rings. The number of carbonyl (C=O) groups is 2. The van der Waals surface area contributed by atoms with E-state index in [9.17, 15) is 9.59 Å². The van der Waals surface area contributed by atoms with E-state index in [2.05, 4.69) is 9.97 Å². The minimum absolute atomic E-state index is 0.0789. The van der Waals surface area contributed by atoms with Crippen molar-refractivity contribution in [2.75, 3.05) is 13.7 Å². The summed E-state index contributed by atoms with van der Waals surface area (Å²) in [5, 5.41) is 12.0. The minimum Gasteiger partial charge on any atom is -0.481 e. The van der Waals surface area contributed by atoms with Crippen LogP contribution in [-0.2, 0) is 9.53 Å². The number of nitrogens with one attached hydrogen (secondary N) is 1. The van der Waals surface area contributed by atoms with Gasteiger partial charge in [0.25, 0.3) is 5.91 Å². The molecule has 2 unspecified atom stereocenters. The zero-order chi connectivity index (χ0) is 17.3. The van der Waals surface area contributed by atoms with Crippen molar-refractivity contribution in [2.24, 2.45) is 0 Å². The van der Waals surface area contributed by atoms with Gasteiger partial charge in [-0.25, -0.2) is 4.98 Å². The Labute approximate surface area is 143 Å². The SMILES string of the molecule is COC1CC(CC(=O)O)N(C(=O)c2cc(-c3csc(C)n3)c[nH]2)C1. The van der Waals surface area contributed by atoms with Crippen LogP contribution in [0.2, 0.25) is 0 Å². The molecular formula is C16H19N3O4S. The van der Waals surface area contributed by atoms with Gasteiger partial charge in [0, 0.05) is 36.8 Å². The first kappa shape index (κ1) is 16.7. The van der Waals surface area contributed by atoms with Gasteiger partial charge in [-0.15, -0.1) is 11.3 Å². The zero-order valence-corrected chi connectivity index (χ0v) is 14.3. The highest BCUT2D eigenvalue weighted by Crippen LogP contribution is 2.27. The lowest BCUT2D eigenvalue weighted by Crippen LogP contribution is -2.37. The number of aliphatic carboxylic acids is 1. The molecule has 0 bridgehead atoms. The molecule has 2 atom stereocenters. The fraction of sp³-hybridized carbons (Fsp3) is 0.438. The second-order valence-corrected chi connectivity index (χ2v) is 6.92. The van der Waals surface area contributed by atoms with Gasteiger partial charge in [0.15, 0.2) is 0 Å². The predicted molar refractivity (Wildman–Crippen MR) is 89.1 cm³/mol. The number of ether oxygens (including phenoxy) is 1. The van der Waals surface area contributed by atoms with Crippen LogP contribution in [0.5, 0.6) is 0 Å². The molecule has 3 rings (SSSR count). The van der Waals surface area contributed by atoms with Crippen molar-refractivity contribution < 1.29 is 19.4 Å². The third-order valence-electron chi connectivity index (χ3n) is 4.21. The summed E-state index contributed by atoms with van der Waals surface area (Å²) in [5.41, 5.74) is 2.11. The van der Waals surface area contributed by atoms with Gasteiger partial charge in [-0.1, -0.05) is 0 Å². The number of carbonyl (C=O) groups excluding carboxylic acids is 1. The van der Waals surface area contributed by atoms with Crippen molar-refractivity contribution in [2.45, 2.75) is 31.9 Å². The van der Waals surface area contributed by atoms with Crippen LogP contribution in [0.1, 0.15) is 28.3 Å². The lowest BCUT2D eigenvalue weighted by Gasteiger charge is -2.22. The fourth-order valence-corrected chi connectivity index (χ4v) is 3.63. The van der Waals surface area contributed by atoms with E-state index < -0.39 is 5.97 Å². The molecule has 1 amide bonds. The number of thiazole rings is 1. The van der Waals surface area contributed by atoms with E-state index in [1.165, 1.54) is 0 Å². The summed E-state index contributed by atoms with van der Waals surface area (Å²) in [6, 6.07) is 1.41. The number of aromatic amines is 1. The summed E-state index contributed by atoms with van der Waals surface area (Å²) in [7, 11) is 1.58. The van der Waals surface area contributed by atoms with Crippen LogP contribution in [-0.4, -0.2) is 57.7 Å². The molecule has 2 N–H and O–H groups in total. The van der Waals surface area contributed by atoms with Crippen molar-refractivity contribution in [3.8, 4) is 11.3 Å². The van der Waals surface area contributed by atoms with Crippen LogP contribution < -0.4 is 0 Å². The Kier molecular flexibility index (Phi) is 4.68. The molecular weight excluding hydrogens is 330 g/mol. The normalized spacial score (nSPS) is 20.5. The minimum atomic E-state index is -0.917. The molecule has 2 aromatic rings. The number of H-pyrrole nitrogens is 1. The summed E-state index contributed by atoms with van der Waals surface area (Å²) in [4.78, 5) is 32.8. The fourth-order valence-electron chi connectivity index (χ4n) is 3.00. The van der Waals surface area contributed by atoms with Gasteiger partial charge in [0.2, 0.25) is 0 Å². The lowest BCUT2D eigenvalue weighted by atomic mass is 10.1. The van der Waals surface area contributed by atoms with E-state index in [1.54, 1.807) is 35.6 Å². The van der Waals surface area contributed by atoms with E-state index in [0.717, 1.165) is 16.3 Å². The van der Waals surface area contributed by atoms with Crippen molar-refractivity contribution in [3.05, 3.63) is 28.3 Å². The second-order valence-electron chi connectivity index (χ2n) is 5.86. The third kappa shape index (κ3) is 3.34. The van der Waals surface area contributed by atoms with Crippen LogP contribution in [0, 0.1) is 6.92 Å². The molecule has 2 aromatic heterocycles. The third-order valence-corrected chi connectivity index (χ3v) is 4.98. The summed E-state index contributed by atoms with van der Waals surface area (Å²) < 4.78 is 5.31. The van der Waals surface area contributed by atoms with E-state index in [0.29, 0.717) is 18.7 Å². The molecule has 1 aliphatic heterocycles. The van der Waals surface area contributed by atoms with Gasteiger partial charge in [-0.3, -0.25) is 9.59 Å². The molecule has 0 spiro atoms. The molecule has 128 valence electrons. The van der Waals surface area contributed by atoms with Gasteiger partial charge in [0.05, 0.1) is 23.2 Å². The number of rotatable bonds is 5. The maximum absolute atomic E-state index is 12.8. The Bertz CT molecular complexity index is 754. The monoisotopic (exact) mass is 349 g/mol. The average Bonchev–Trinajstić information content (AvgIpc) is 3.24. The Balaban J connectivity index is 1.79. The highest BCUT2D eigenvalue weighted by Gasteiger charge is 2.37. The van der Waals surface area contributed by atoms with Crippen LogP contribution >= 0.6 is 11.3 Å². The van der Waals surface area contributed by atoms with Gasteiger partial charge in [0.1, 0.15) is 5.69 Å². The number of hydrogen-bond acceptors (Lipinski definition) is 5. The molecule has 0 saturated carbocycles. The number of carboxylic acids is 1. The first-order chi connectivity index (χ1) is 11.5. The quantitative estimate of drug-likeness (QED) is 0.862. The molecule has 1 fully saturated rings. The number of aryl methyl sites for hydroxylation is 1. The summed E-state index contributed by atoms with van der Waals surface area (Å²) in [6.07, 6.45) is 2.07. The number of amides is 1. The van der Waals surface area contributed by atoms with Gasteiger partial charge in [-0.2, -0.15) is 0 Å². The highest BCUT2D eigenvalue weighted by atomic mass is 32.1. The predicted octanol–water partition coefficient (Wildman–Crippen LogP) is 2.15. The number of methoxy groups -OCH3 is 1. The van der Waals surface area contributed by atoms with E-state index >= 15 is 0 Å². The summed E-state index contributed by atoms with van der Waals surface area (Å²) in [6.45, 7) is 2.33. The maximum atomic E-state index is 12.8. The molecule has 7 nitrogen and oxygen atoms in total. The molecule has 24 heavy (non-hydrogen) atoms. The van der Waals surface area contributed by atoms with Crippen molar-refractivity contribution >= 4 is 23.2 Å². The zero-order valence-electron chi connectivity index (χ0n) is 13.5. The standard InChI is InChI=1S/C16H19N3O4S/c1-9-18-14(8-24-9)10-3-13(17-6-10)16(22)19-7-12(23-2)4-11(19)5-15(20)21/h3,6,8,11-12,17H,4-5,7H2,1-2H3,(H,20,21). The van der Waals surface area contributed by atoms with E-state index in [1.807, 2.05) is 12.3 Å². The van der Waals surface area contributed by atoms with E-state index in [4.69, 9.17) is 9.84 Å². The summed E-state index contributed by atoms with van der Waals surface area (Å²) >= 11 is 1.55. The topological polar surface area (TPSA) is 95.5 Å². The Morgan fingerprint density at radius 3 is 2.96 bits per heavy atom. The largest absolute Gasteiger partial charge is 0.481 e. The van der Waals surface area contributed by atoms with Gasteiger partial charge in [-0.05, 0) is 19.4 Å². The Morgan fingerprint density at radius 2 is 2.33 bits per heavy atom. The van der Waals surface area contributed by atoms with Gasteiger partial charge >= 0.3 is 5.97 Å². The van der Waals surface area contributed by atoms with Crippen molar-refractivity contribution in [3.63, 3.8) is 0 Å². The molecule has 8 heteroatoms. The number of aromatic nitrogens is 2. The lowest BCUT2D eigenvalue weighted by molar-refractivity contribution is -0.138. The highest BCUT2D eigenvalue weighted by molar-refractivity contribution is 7.09. The van der Waals surface area contributed by atoms with Crippen LogP contribution in [0.3, 0.4) is 0 Å². The van der Waals surface area contributed by atoms with Crippen LogP contribution in [0.4, 0.5) is 0 Å². The van der Waals surface area contributed by atoms with Crippen molar-refractivity contribution in [1.82, 2.24) is 14.9 Å². The molecule has 3 heterocycles. The second kappa shape index (κ2) is 6.74. The Hall–Kier alpha value is -2.19. The maximum Gasteiger partial charge on any atom is 0.305 e. The number of carboxylic acid groups (broad SMARTS) is 1. The number of likely N-dealkylation sites (tertiary alicyclic amines) is 1.